The van der Waals surface area contributed by atoms with Gasteiger partial charge in [0.25, 0.3) is 0 Å². The maximum absolute atomic E-state index is 4.24. The van der Waals surface area contributed by atoms with Gasteiger partial charge < -0.3 is 0 Å². The monoisotopic (exact) mass is 274 g/mol. The van der Waals surface area contributed by atoms with Crippen LogP contribution in [0.1, 0.15) is 5.56 Å². The quantitative estimate of drug-likeness (QED) is 0.556. The molecule has 16 heavy (non-hydrogen) atoms. The maximum atomic E-state index is 4.24. The van der Waals surface area contributed by atoms with E-state index in [0.717, 1.165) is 22.3 Å². The van der Waals surface area contributed by atoms with E-state index < -0.39 is 0 Å². The lowest BCUT2D eigenvalue weighted by atomic mass is 10.2. The summed E-state index contributed by atoms with van der Waals surface area (Å²) in [6, 6.07) is 17.7. The van der Waals surface area contributed by atoms with Crippen LogP contribution in [0.3, 0.4) is 0 Å². The molecule has 0 bridgehead atoms. The molecule has 0 saturated heterocycles. The zero-order chi connectivity index (χ0) is 11.2. The maximum Gasteiger partial charge on any atom is 0.0897 e. The van der Waals surface area contributed by atoms with E-state index in [0.29, 0.717) is 0 Å². The Morgan fingerprint density at radius 3 is 2.25 bits per heavy atom. The number of alkyl halides is 1. The average molecular weight is 275 g/mol. The molecular weight excluding hydrogens is 264 g/mol. The van der Waals surface area contributed by atoms with Crippen LogP contribution in [0.25, 0.3) is 0 Å². The molecule has 2 nitrogen and oxygen atoms in total. The zero-order valence-electron chi connectivity index (χ0n) is 8.68. The van der Waals surface area contributed by atoms with Crippen molar-refractivity contribution in [2.45, 2.75) is 5.33 Å². The second kappa shape index (κ2) is 5.56. The minimum Gasteiger partial charge on any atom is -0.151 e. The van der Waals surface area contributed by atoms with E-state index in [2.05, 4.69) is 26.2 Å². The first-order valence-corrected chi connectivity index (χ1v) is 6.13. The molecular formula is C13H11BrN2. The van der Waals surface area contributed by atoms with Crippen molar-refractivity contribution in [3.8, 4) is 0 Å². The van der Waals surface area contributed by atoms with Gasteiger partial charge in [0, 0.05) is 5.33 Å². The molecule has 2 aromatic rings. The minimum absolute atomic E-state index is 0.789. The summed E-state index contributed by atoms with van der Waals surface area (Å²) in [5, 5.41) is 9.22. The van der Waals surface area contributed by atoms with Crippen LogP contribution in [0.5, 0.6) is 0 Å². The molecule has 80 valence electrons. The lowest BCUT2D eigenvalue weighted by molar-refractivity contribution is 1.21. The van der Waals surface area contributed by atoms with E-state index in [4.69, 9.17) is 0 Å². The molecule has 2 rings (SSSR count). The van der Waals surface area contributed by atoms with Crippen molar-refractivity contribution in [2.24, 2.45) is 10.2 Å². The van der Waals surface area contributed by atoms with Crippen molar-refractivity contribution in [1.82, 2.24) is 0 Å². The van der Waals surface area contributed by atoms with E-state index in [-0.39, 0.29) is 0 Å². The van der Waals surface area contributed by atoms with Crippen LogP contribution in [-0.4, -0.2) is 0 Å². The summed E-state index contributed by atoms with van der Waals surface area (Å²) in [6.07, 6.45) is 0. The van der Waals surface area contributed by atoms with Gasteiger partial charge in [0.05, 0.1) is 11.4 Å². The molecule has 0 N–H and O–H groups in total. The van der Waals surface area contributed by atoms with Crippen LogP contribution in [0.4, 0.5) is 11.4 Å². The fourth-order valence-electron chi connectivity index (χ4n) is 1.33. The van der Waals surface area contributed by atoms with E-state index in [1.807, 2.05) is 54.6 Å². The Labute approximate surface area is 103 Å². The molecule has 0 aliphatic carbocycles. The van der Waals surface area contributed by atoms with Crippen molar-refractivity contribution >= 4 is 27.3 Å². The Morgan fingerprint density at radius 1 is 0.812 bits per heavy atom. The largest absolute Gasteiger partial charge is 0.151 e. The Balaban J connectivity index is 2.24. The lowest BCUT2D eigenvalue weighted by Gasteiger charge is -1.99. The highest BCUT2D eigenvalue weighted by Crippen LogP contribution is 2.23. The molecule has 0 amide bonds. The van der Waals surface area contributed by atoms with E-state index in [1.54, 1.807) is 0 Å². The van der Waals surface area contributed by atoms with Gasteiger partial charge >= 0.3 is 0 Å². The summed E-state index contributed by atoms with van der Waals surface area (Å²) in [5.74, 6) is 0. The first kappa shape index (κ1) is 11.0. The van der Waals surface area contributed by atoms with Gasteiger partial charge in [-0.3, -0.25) is 0 Å². The average Bonchev–Trinajstić information content (AvgIpc) is 2.38. The standard InChI is InChI=1S/C13H11BrN2/c14-10-11-6-4-5-9-13(11)16-15-12-7-2-1-3-8-12/h1-9H,10H2. The molecule has 0 spiro atoms. The predicted octanol–water partition coefficient (Wildman–Crippen LogP) is 5.00. The molecule has 3 heteroatoms. The molecule has 0 aliphatic heterocycles. The smallest absolute Gasteiger partial charge is 0.0897 e. The fraction of sp³-hybridized carbons (Fsp3) is 0.0769. The van der Waals surface area contributed by atoms with Gasteiger partial charge in [0.15, 0.2) is 0 Å². The number of hydrogen-bond acceptors (Lipinski definition) is 2. The van der Waals surface area contributed by atoms with Crippen molar-refractivity contribution in [3.05, 3.63) is 60.2 Å². The highest BCUT2D eigenvalue weighted by atomic mass is 79.9. The SMILES string of the molecule is BrCc1ccccc1N=Nc1ccccc1. The molecule has 0 heterocycles. The number of halogens is 1. The number of azo groups is 1. The molecule has 0 radical (unpaired) electrons. The lowest BCUT2D eigenvalue weighted by Crippen LogP contribution is -1.76. The topological polar surface area (TPSA) is 24.7 Å². The molecule has 0 fully saturated rings. The summed E-state index contributed by atoms with van der Waals surface area (Å²) < 4.78 is 0. The van der Waals surface area contributed by atoms with Crippen LogP contribution in [0.15, 0.2) is 64.8 Å². The van der Waals surface area contributed by atoms with Crippen LogP contribution in [0, 0.1) is 0 Å². The highest BCUT2D eigenvalue weighted by Gasteiger charge is 1.97. The number of nitrogens with zero attached hydrogens (tertiary/aromatic N) is 2. The van der Waals surface area contributed by atoms with Gasteiger partial charge in [0.2, 0.25) is 0 Å². The first-order chi connectivity index (χ1) is 7.90. The van der Waals surface area contributed by atoms with Gasteiger partial charge in [0.1, 0.15) is 0 Å². The third-order valence-corrected chi connectivity index (χ3v) is 2.77. The summed E-state index contributed by atoms with van der Waals surface area (Å²) in [7, 11) is 0. The van der Waals surface area contributed by atoms with Crippen LogP contribution >= 0.6 is 15.9 Å². The molecule has 0 saturated carbocycles. The Bertz CT molecular complexity index is 480. The van der Waals surface area contributed by atoms with E-state index in [1.165, 1.54) is 0 Å². The van der Waals surface area contributed by atoms with E-state index >= 15 is 0 Å². The summed E-state index contributed by atoms with van der Waals surface area (Å²) in [5.41, 5.74) is 2.91. The number of hydrogen-bond donors (Lipinski definition) is 0. The summed E-state index contributed by atoms with van der Waals surface area (Å²) >= 11 is 3.43. The van der Waals surface area contributed by atoms with Gasteiger partial charge in [-0.05, 0) is 23.8 Å². The highest BCUT2D eigenvalue weighted by molar-refractivity contribution is 9.08. The molecule has 0 aliphatic rings. The van der Waals surface area contributed by atoms with Gasteiger partial charge in [-0.15, -0.1) is 0 Å². The Kier molecular flexibility index (Phi) is 3.83. The molecule has 2 aromatic carbocycles. The van der Waals surface area contributed by atoms with E-state index in [9.17, 15) is 0 Å². The number of rotatable bonds is 3. The third kappa shape index (κ3) is 2.76. The van der Waals surface area contributed by atoms with Crippen LogP contribution < -0.4 is 0 Å². The normalized spacial score (nSPS) is 10.8. The fourth-order valence-corrected chi connectivity index (χ4v) is 1.80. The van der Waals surface area contributed by atoms with Crippen LogP contribution in [0.2, 0.25) is 0 Å². The van der Waals surface area contributed by atoms with Crippen molar-refractivity contribution in [2.75, 3.05) is 0 Å². The summed E-state index contributed by atoms with van der Waals surface area (Å²) in [6.45, 7) is 0. The second-order valence-corrected chi connectivity index (χ2v) is 3.86. The van der Waals surface area contributed by atoms with Crippen molar-refractivity contribution in [3.63, 3.8) is 0 Å². The minimum atomic E-state index is 0.789. The molecule has 0 unspecified atom stereocenters. The van der Waals surface area contributed by atoms with Gasteiger partial charge in [-0.1, -0.05) is 52.3 Å². The van der Waals surface area contributed by atoms with Gasteiger partial charge in [-0.2, -0.15) is 10.2 Å². The molecule has 0 atom stereocenters. The first-order valence-electron chi connectivity index (χ1n) is 5.01. The van der Waals surface area contributed by atoms with Crippen molar-refractivity contribution in [1.29, 1.82) is 0 Å². The molecule has 0 aromatic heterocycles. The van der Waals surface area contributed by atoms with Crippen molar-refractivity contribution < 1.29 is 0 Å². The Morgan fingerprint density at radius 2 is 1.50 bits per heavy atom. The third-order valence-electron chi connectivity index (χ3n) is 2.16. The second-order valence-electron chi connectivity index (χ2n) is 3.30. The summed E-state index contributed by atoms with van der Waals surface area (Å²) in [4.78, 5) is 0. The number of benzene rings is 2. The predicted molar refractivity (Wildman–Crippen MR) is 69.7 cm³/mol. The Hall–Kier alpha value is -1.48. The zero-order valence-corrected chi connectivity index (χ0v) is 10.3. The van der Waals surface area contributed by atoms with Crippen LogP contribution in [-0.2, 0) is 5.33 Å². The van der Waals surface area contributed by atoms with Gasteiger partial charge in [-0.25, -0.2) is 0 Å².